The highest BCUT2D eigenvalue weighted by Gasteiger charge is 2.10. The normalized spacial score (nSPS) is 10.9. The largest absolute Gasteiger partial charge is 0.347 e. The molecule has 2 aromatic carbocycles. The Morgan fingerprint density at radius 3 is 2.40 bits per heavy atom. The predicted octanol–water partition coefficient (Wildman–Crippen LogP) is 4.32. The first-order chi connectivity index (χ1) is 14.8. The fourth-order valence-electron chi connectivity index (χ4n) is 3.14. The van der Waals surface area contributed by atoms with Crippen molar-refractivity contribution in [3.05, 3.63) is 114 Å². The summed E-state index contributed by atoms with van der Waals surface area (Å²) in [7, 11) is 0. The molecule has 1 amide bonds. The van der Waals surface area contributed by atoms with Crippen molar-refractivity contribution in [3.8, 4) is 11.3 Å². The van der Waals surface area contributed by atoms with Gasteiger partial charge in [0.25, 0.3) is 0 Å². The monoisotopic (exact) mass is 394 g/mol. The van der Waals surface area contributed by atoms with Crippen molar-refractivity contribution < 1.29 is 4.79 Å². The topological polar surface area (TPSA) is 59.8 Å². The van der Waals surface area contributed by atoms with Crippen molar-refractivity contribution in [2.45, 2.75) is 13.1 Å². The molecule has 148 valence electrons. The molecule has 1 N–H and O–H groups in total. The van der Waals surface area contributed by atoms with E-state index < -0.39 is 0 Å². The van der Waals surface area contributed by atoms with Gasteiger partial charge in [-0.15, -0.1) is 0 Å². The molecule has 2 heterocycles. The molecule has 0 atom stereocenters. The van der Waals surface area contributed by atoms with Crippen LogP contribution in [0.3, 0.4) is 0 Å². The van der Waals surface area contributed by atoms with Crippen LogP contribution in [0.25, 0.3) is 17.3 Å². The summed E-state index contributed by atoms with van der Waals surface area (Å²) in [5.74, 6) is -0.171. The lowest BCUT2D eigenvalue weighted by Crippen LogP contribution is -2.20. The lowest BCUT2D eigenvalue weighted by Gasteiger charge is -2.01. The van der Waals surface area contributed by atoms with Crippen LogP contribution in [0.2, 0.25) is 0 Å². The highest BCUT2D eigenvalue weighted by Crippen LogP contribution is 2.23. The Morgan fingerprint density at radius 1 is 0.933 bits per heavy atom. The number of nitrogens with one attached hydrogen (secondary N) is 1. The molecule has 4 aromatic rings. The number of aromatic nitrogens is 3. The molecule has 30 heavy (non-hydrogen) atoms. The van der Waals surface area contributed by atoms with E-state index in [0.29, 0.717) is 13.1 Å². The van der Waals surface area contributed by atoms with Crippen LogP contribution >= 0.6 is 0 Å². The minimum atomic E-state index is -0.171. The highest BCUT2D eigenvalue weighted by atomic mass is 16.1. The average Bonchev–Trinajstić information content (AvgIpc) is 3.21. The average molecular weight is 394 g/mol. The number of nitrogens with zero attached hydrogens (tertiary/aromatic N) is 3. The van der Waals surface area contributed by atoms with E-state index in [4.69, 9.17) is 5.10 Å². The summed E-state index contributed by atoms with van der Waals surface area (Å²) < 4.78 is 1.91. The van der Waals surface area contributed by atoms with Gasteiger partial charge in [0.1, 0.15) is 0 Å². The van der Waals surface area contributed by atoms with Gasteiger partial charge in [-0.05, 0) is 23.8 Å². The standard InChI is InChI=1S/C25H22N4O/c30-24(27-17-23-13-7-8-16-26-23)15-14-22-19-29(18-20-9-3-1-4-10-20)28-25(22)21-11-5-2-6-12-21/h1-16,19H,17-18H2,(H,27,30)/b15-14+. The molecule has 4 rings (SSSR count). The van der Waals surface area contributed by atoms with E-state index in [1.54, 1.807) is 12.3 Å². The number of amides is 1. The molecule has 0 aliphatic rings. The molecule has 0 spiro atoms. The molecule has 0 aliphatic carbocycles. The fraction of sp³-hybridized carbons (Fsp3) is 0.0800. The zero-order valence-corrected chi connectivity index (χ0v) is 16.5. The Kier molecular flexibility index (Phi) is 6.11. The summed E-state index contributed by atoms with van der Waals surface area (Å²) in [4.78, 5) is 16.5. The molecule has 0 bridgehead atoms. The van der Waals surface area contributed by atoms with E-state index in [2.05, 4.69) is 22.4 Å². The number of carbonyl (C=O) groups is 1. The Morgan fingerprint density at radius 2 is 1.67 bits per heavy atom. The van der Waals surface area contributed by atoms with Crippen molar-refractivity contribution >= 4 is 12.0 Å². The number of rotatable bonds is 7. The lowest BCUT2D eigenvalue weighted by molar-refractivity contribution is -0.116. The van der Waals surface area contributed by atoms with Crippen molar-refractivity contribution in [2.24, 2.45) is 0 Å². The van der Waals surface area contributed by atoms with Crippen LogP contribution in [0.15, 0.2) is 97.3 Å². The van der Waals surface area contributed by atoms with Gasteiger partial charge in [-0.25, -0.2) is 0 Å². The Balaban J connectivity index is 1.53. The lowest BCUT2D eigenvalue weighted by atomic mass is 10.1. The van der Waals surface area contributed by atoms with Crippen LogP contribution < -0.4 is 5.32 Å². The first-order valence-corrected chi connectivity index (χ1v) is 9.80. The quantitative estimate of drug-likeness (QED) is 0.475. The minimum absolute atomic E-state index is 0.171. The van der Waals surface area contributed by atoms with E-state index in [0.717, 1.165) is 22.5 Å². The molecular formula is C25H22N4O. The molecule has 5 nitrogen and oxygen atoms in total. The second-order valence-corrected chi connectivity index (χ2v) is 6.85. The number of hydrogen-bond acceptors (Lipinski definition) is 3. The summed E-state index contributed by atoms with van der Waals surface area (Å²) in [5.41, 5.74) is 4.74. The van der Waals surface area contributed by atoms with E-state index >= 15 is 0 Å². The number of hydrogen-bond donors (Lipinski definition) is 1. The second-order valence-electron chi connectivity index (χ2n) is 6.85. The maximum absolute atomic E-state index is 12.3. The van der Waals surface area contributed by atoms with Crippen LogP contribution in [0.1, 0.15) is 16.8 Å². The van der Waals surface area contributed by atoms with Gasteiger partial charge < -0.3 is 5.32 Å². The summed E-state index contributed by atoms with van der Waals surface area (Å²) in [6.07, 6.45) is 7.03. The molecule has 0 fully saturated rings. The van der Waals surface area contributed by atoms with E-state index in [-0.39, 0.29) is 5.91 Å². The summed E-state index contributed by atoms with van der Waals surface area (Å²) >= 11 is 0. The van der Waals surface area contributed by atoms with Crippen molar-refractivity contribution in [2.75, 3.05) is 0 Å². The molecule has 0 unspecified atom stereocenters. The number of benzene rings is 2. The van der Waals surface area contributed by atoms with Crippen LogP contribution in [-0.2, 0) is 17.9 Å². The Bertz CT molecular complexity index is 1120. The van der Waals surface area contributed by atoms with Crippen LogP contribution in [0.5, 0.6) is 0 Å². The number of pyridine rings is 1. The van der Waals surface area contributed by atoms with Crippen LogP contribution in [-0.4, -0.2) is 20.7 Å². The molecule has 0 saturated carbocycles. The van der Waals surface area contributed by atoms with Gasteiger partial charge in [-0.2, -0.15) is 5.10 Å². The molecule has 0 saturated heterocycles. The molecule has 0 aliphatic heterocycles. The smallest absolute Gasteiger partial charge is 0.244 e. The molecule has 0 radical (unpaired) electrons. The molecule has 2 aromatic heterocycles. The number of carbonyl (C=O) groups excluding carboxylic acids is 1. The molecule has 5 heteroatoms. The SMILES string of the molecule is O=C(/C=C/c1cn(Cc2ccccc2)nc1-c1ccccc1)NCc1ccccn1. The van der Waals surface area contributed by atoms with Gasteiger partial charge in [-0.1, -0.05) is 66.7 Å². The summed E-state index contributed by atoms with van der Waals surface area (Å²) in [5, 5.41) is 7.63. The highest BCUT2D eigenvalue weighted by molar-refractivity contribution is 5.92. The van der Waals surface area contributed by atoms with Crippen molar-refractivity contribution in [3.63, 3.8) is 0 Å². The zero-order chi connectivity index (χ0) is 20.6. The third-order valence-corrected chi connectivity index (χ3v) is 4.61. The first kappa shape index (κ1) is 19.3. The van der Waals surface area contributed by atoms with Gasteiger partial charge >= 0.3 is 0 Å². The van der Waals surface area contributed by atoms with Crippen LogP contribution in [0, 0.1) is 0 Å². The van der Waals surface area contributed by atoms with Crippen molar-refractivity contribution in [1.29, 1.82) is 0 Å². The van der Waals surface area contributed by atoms with Crippen molar-refractivity contribution in [1.82, 2.24) is 20.1 Å². The second kappa shape index (κ2) is 9.47. The van der Waals surface area contributed by atoms with Crippen LogP contribution in [0.4, 0.5) is 0 Å². The van der Waals surface area contributed by atoms with Gasteiger partial charge in [0.2, 0.25) is 5.91 Å². The van der Waals surface area contributed by atoms with E-state index in [1.165, 1.54) is 5.56 Å². The Labute approximate surface area is 175 Å². The summed E-state index contributed by atoms with van der Waals surface area (Å²) in [6, 6.07) is 25.8. The van der Waals surface area contributed by atoms with Gasteiger partial charge in [0.05, 0.1) is 24.5 Å². The van der Waals surface area contributed by atoms with Gasteiger partial charge in [-0.3, -0.25) is 14.5 Å². The minimum Gasteiger partial charge on any atom is -0.347 e. The Hall–Kier alpha value is -3.99. The van der Waals surface area contributed by atoms with E-state index in [1.807, 2.05) is 83.7 Å². The zero-order valence-electron chi connectivity index (χ0n) is 16.5. The molecular weight excluding hydrogens is 372 g/mol. The first-order valence-electron chi connectivity index (χ1n) is 9.80. The maximum atomic E-state index is 12.3. The van der Waals surface area contributed by atoms with Gasteiger partial charge in [0, 0.05) is 29.6 Å². The third kappa shape index (κ3) is 5.08. The predicted molar refractivity (Wildman–Crippen MR) is 118 cm³/mol. The fourth-order valence-corrected chi connectivity index (χ4v) is 3.14. The summed E-state index contributed by atoms with van der Waals surface area (Å²) in [6.45, 7) is 1.06. The van der Waals surface area contributed by atoms with E-state index in [9.17, 15) is 4.79 Å². The van der Waals surface area contributed by atoms with Gasteiger partial charge in [0.15, 0.2) is 0 Å². The maximum Gasteiger partial charge on any atom is 0.244 e. The third-order valence-electron chi connectivity index (χ3n) is 4.61.